The van der Waals surface area contributed by atoms with Crippen LogP contribution in [0.4, 0.5) is 0 Å². The standard InChI is InChI=1S/C24H36N2O3/c1-4-13-25(14-5-2)18-21-11-12-23(24(17-21)28-3)29-20-22(27)19-26-15-9-7-6-8-10-16-26/h1,5,11-12,17,22,27H,2,6-10,13-16,18-20H2,3H3. The molecule has 0 amide bonds. The summed E-state index contributed by atoms with van der Waals surface area (Å²) in [6.07, 6.45) is 13.1. The number of likely N-dealkylation sites (tertiary alicyclic amines) is 1. The highest BCUT2D eigenvalue weighted by Gasteiger charge is 2.15. The summed E-state index contributed by atoms with van der Waals surface area (Å²) in [6, 6.07) is 5.88. The van der Waals surface area contributed by atoms with Crippen LogP contribution in [-0.2, 0) is 6.54 Å². The lowest BCUT2D eigenvalue weighted by Gasteiger charge is -2.27. The van der Waals surface area contributed by atoms with Gasteiger partial charge in [0.2, 0.25) is 0 Å². The monoisotopic (exact) mass is 400 g/mol. The van der Waals surface area contributed by atoms with Crippen LogP contribution in [-0.4, -0.2) is 67.5 Å². The van der Waals surface area contributed by atoms with E-state index in [9.17, 15) is 5.11 Å². The van der Waals surface area contributed by atoms with E-state index in [2.05, 4.69) is 22.3 Å². The SMILES string of the molecule is C#CCN(CC=C)Cc1ccc(OCC(O)CN2CCCCCCC2)c(OC)c1. The minimum absolute atomic E-state index is 0.256. The fourth-order valence-electron chi connectivity index (χ4n) is 3.72. The molecule has 1 atom stereocenters. The summed E-state index contributed by atoms with van der Waals surface area (Å²) in [5.41, 5.74) is 1.09. The van der Waals surface area contributed by atoms with Crippen LogP contribution in [0.5, 0.6) is 11.5 Å². The molecule has 1 aliphatic heterocycles. The third-order valence-corrected chi connectivity index (χ3v) is 5.19. The number of methoxy groups -OCH3 is 1. The van der Waals surface area contributed by atoms with E-state index in [0.717, 1.165) is 25.2 Å². The molecule has 1 saturated heterocycles. The summed E-state index contributed by atoms with van der Waals surface area (Å²) in [7, 11) is 1.63. The predicted octanol–water partition coefficient (Wildman–Crippen LogP) is 3.32. The zero-order chi connectivity index (χ0) is 20.9. The van der Waals surface area contributed by atoms with Crippen molar-refractivity contribution in [3.8, 4) is 23.8 Å². The second-order valence-electron chi connectivity index (χ2n) is 7.68. The number of aliphatic hydroxyl groups excluding tert-OH is 1. The molecular formula is C24H36N2O3. The lowest BCUT2D eigenvalue weighted by Crippen LogP contribution is -2.37. The minimum Gasteiger partial charge on any atom is -0.493 e. The minimum atomic E-state index is -0.516. The summed E-state index contributed by atoms with van der Waals surface area (Å²) in [5, 5.41) is 10.4. The van der Waals surface area contributed by atoms with Gasteiger partial charge in [-0.3, -0.25) is 4.90 Å². The lowest BCUT2D eigenvalue weighted by molar-refractivity contribution is 0.0645. The van der Waals surface area contributed by atoms with Gasteiger partial charge in [0.1, 0.15) is 12.7 Å². The van der Waals surface area contributed by atoms with Gasteiger partial charge >= 0.3 is 0 Å². The van der Waals surface area contributed by atoms with Crippen molar-refractivity contribution in [3.05, 3.63) is 36.4 Å². The summed E-state index contributed by atoms with van der Waals surface area (Å²) in [6.45, 7) is 8.83. The highest BCUT2D eigenvalue weighted by Crippen LogP contribution is 2.28. The molecule has 2 rings (SSSR count). The van der Waals surface area contributed by atoms with Crippen molar-refractivity contribution in [1.29, 1.82) is 0 Å². The number of terminal acetylenes is 1. The maximum Gasteiger partial charge on any atom is 0.161 e. The van der Waals surface area contributed by atoms with Crippen molar-refractivity contribution in [2.24, 2.45) is 0 Å². The Labute approximate surface area is 176 Å². The molecule has 1 aliphatic rings. The van der Waals surface area contributed by atoms with Gasteiger partial charge in [0.05, 0.1) is 13.7 Å². The highest BCUT2D eigenvalue weighted by molar-refractivity contribution is 5.43. The number of β-amino-alcohol motifs (C(OH)–C–C–N with tert-alkyl or cyclic N) is 1. The summed E-state index contributed by atoms with van der Waals surface area (Å²) < 4.78 is 11.4. The Balaban J connectivity index is 1.89. The van der Waals surface area contributed by atoms with Crippen LogP contribution in [0.2, 0.25) is 0 Å². The van der Waals surface area contributed by atoms with Gasteiger partial charge in [-0.25, -0.2) is 0 Å². The van der Waals surface area contributed by atoms with Crippen LogP contribution >= 0.6 is 0 Å². The molecule has 1 unspecified atom stereocenters. The number of benzene rings is 1. The number of ether oxygens (including phenoxy) is 2. The van der Waals surface area contributed by atoms with Crippen LogP contribution in [0.3, 0.4) is 0 Å². The molecule has 1 fully saturated rings. The fourth-order valence-corrected chi connectivity index (χ4v) is 3.72. The molecule has 0 saturated carbocycles. The van der Waals surface area contributed by atoms with Gasteiger partial charge in [0, 0.05) is 19.6 Å². The van der Waals surface area contributed by atoms with Gasteiger partial charge in [0.25, 0.3) is 0 Å². The van der Waals surface area contributed by atoms with E-state index in [0.29, 0.717) is 31.1 Å². The highest BCUT2D eigenvalue weighted by atomic mass is 16.5. The molecule has 1 N–H and O–H groups in total. The first-order valence-corrected chi connectivity index (χ1v) is 10.6. The Morgan fingerprint density at radius 2 is 1.97 bits per heavy atom. The number of hydrogen-bond acceptors (Lipinski definition) is 5. The molecule has 1 aromatic carbocycles. The van der Waals surface area contributed by atoms with Crippen LogP contribution < -0.4 is 9.47 Å². The van der Waals surface area contributed by atoms with Crippen molar-refractivity contribution in [2.75, 3.05) is 46.4 Å². The van der Waals surface area contributed by atoms with Gasteiger partial charge in [-0.15, -0.1) is 13.0 Å². The first kappa shape index (κ1) is 23.3. The Morgan fingerprint density at radius 3 is 2.62 bits per heavy atom. The van der Waals surface area contributed by atoms with Crippen LogP contribution in [0.25, 0.3) is 0 Å². The number of aliphatic hydroxyl groups is 1. The van der Waals surface area contributed by atoms with E-state index < -0.39 is 6.10 Å². The molecular weight excluding hydrogens is 364 g/mol. The molecule has 5 nitrogen and oxygen atoms in total. The van der Waals surface area contributed by atoms with Gasteiger partial charge < -0.3 is 19.5 Å². The molecule has 29 heavy (non-hydrogen) atoms. The van der Waals surface area contributed by atoms with Gasteiger partial charge in [-0.05, 0) is 43.6 Å². The molecule has 0 spiro atoms. The molecule has 0 aromatic heterocycles. The normalized spacial score (nSPS) is 16.5. The molecule has 160 valence electrons. The van der Waals surface area contributed by atoms with E-state index in [1.807, 2.05) is 24.3 Å². The van der Waals surface area contributed by atoms with Gasteiger partial charge in [-0.1, -0.05) is 37.3 Å². The van der Waals surface area contributed by atoms with Gasteiger partial charge in [0.15, 0.2) is 11.5 Å². The molecule has 5 heteroatoms. The Kier molecular flexibility index (Phi) is 10.6. The quantitative estimate of drug-likeness (QED) is 0.456. The second-order valence-corrected chi connectivity index (χ2v) is 7.68. The number of rotatable bonds is 11. The van der Waals surface area contributed by atoms with Crippen molar-refractivity contribution in [1.82, 2.24) is 9.80 Å². The average molecular weight is 401 g/mol. The van der Waals surface area contributed by atoms with Crippen LogP contribution in [0.1, 0.15) is 37.7 Å². The molecule has 0 bridgehead atoms. The molecule has 1 aromatic rings. The summed E-state index contributed by atoms with van der Waals surface area (Å²) in [4.78, 5) is 4.47. The first-order valence-electron chi connectivity index (χ1n) is 10.6. The van der Waals surface area contributed by atoms with E-state index in [1.165, 1.54) is 32.1 Å². The van der Waals surface area contributed by atoms with Gasteiger partial charge in [-0.2, -0.15) is 0 Å². The number of nitrogens with zero attached hydrogens (tertiary/aromatic N) is 2. The maximum absolute atomic E-state index is 10.4. The van der Waals surface area contributed by atoms with Crippen molar-refractivity contribution in [2.45, 2.75) is 44.8 Å². The first-order chi connectivity index (χ1) is 14.2. The lowest BCUT2D eigenvalue weighted by atomic mass is 10.1. The number of hydrogen-bond donors (Lipinski definition) is 1. The second kappa shape index (κ2) is 13.3. The zero-order valence-electron chi connectivity index (χ0n) is 17.8. The summed E-state index contributed by atoms with van der Waals surface area (Å²) in [5.74, 6) is 3.99. The van der Waals surface area contributed by atoms with Crippen molar-refractivity contribution in [3.63, 3.8) is 0 Å². The van der Waals surface area contributed by atoms with Crippen LogP contribution in [0.15, 0.2) is 30.9 Å². The van der Waals surface area contributed by atoms with Crippen LogP contribution in [0, 0.1) is 12.3 Å². The Hall–Kier alpha value is -2.00. The van der Waals surface area contributed by atoms with E-state index >= 15 is 0 Å². The molecule has 0 aliphatic carbocycles. The third-order valence-electron chi connectivity index (χ3n) is 5.19. The van der Waals surface area contributed by atoms with Crippen molar-refractivity contribution >= 4 is 0 Å². The Bertz CT molecular complexity index is 648. The predicted molar refractivity (Wildman–Crippen MR) is 118 cm³/mol. The zero-order valence-corrected chi connectivity index (χ0v) is 17.8. The summed E-state index contributed by atoms with van der Waals surface area (Å²) >= 11 is 0. The molecule has 0 radical (unpaired) electrons. The maximum atomic E-state index is 10.4. The topological polar surface area (TPSA) is 45.2 Å². The average Bonchev–Trinajstić information content (AvgIpc) is 2.69. The Morgan fingerprint density at radius 1 is 1.24 bits per heavy atom. The van der Waals surface area contributed by atoms with E-state index in [4.69, 9.17) is 15.9 Å². The van der Waals surface area contributed by atoms with Crippen molar-refractivity contribution < 1.29 is 14.6 Å². The smallest absolute Gasteiger partial charge is 0.161 e. The van der Waals surface area contributed by atoms with E-state index in [1.54, 1.807) is 7.11 Å². The fraction of sp³-hybridized carbons (Fsp3) is 0.583. The molecule has 1 heterocycles. The van der Waals surface area contributed by atoms with E-state index in [-0.39, 0.29) is 6.61 Å². The third kappa shape index (κ3) is 8.49. The largest absolute Gasteiger partial charge is 0.493 e.